The van der Waals surface area contributed by atoms with Crippen molar-refractivity contribution < 1.29 is 9.53 Å². The molecule has 0 saturated carbocycles. The molecule has 0 bridgehead atoms. The molecule has 0 aliphatic heterocycles. The van der Waals surface area contributed by atoms with Crippen molar-refractivity contribution in [3.63, 3.8) is 0 Å². The van der Waals surface area contributed by atoms with Gasteiger partial charge in [0.1, 0.15) is 5.69 Å². The van der Waals surface area contributed by atoms with E-state index in [2.05, 4.69) is 24.2 Å². The van der Waals surface area contributed by atoms with Crippen LogP contribution < -0.4 is 0 Å². The lowest BCUT2D eigenvalue weighted by molar-refractivity contribution is 0.0520. The van der Waals surface area contributed by atoms with Gasteiger partial charge in [-0.15, -0.1) is 16.4 Å². The molecule has 108 valence electrons. The summed E-state index contributed by atoms with van der Waals surface area (Å²) in [5.74, 6) is -0.411. The zero-order valence-electron chi connectivity index (χ0n) is 12.0. The van der Waals surface area contributed by atoms with E-state index in [0.717, 1.165) is 23.4 Å². The Kier molecular flexibility index (Phi) is 4.89. The molecule has 2 rings (SSSR count). The van der Waals surface area contributed by atoms with Crippen molar-refractivity contribution in [3.05, 3.63) is 23.2 Å². The second-order valence-electron chi connectivity index (χ2n) is 4.57. The van der Waals surface area contributed by atoms with E-state index in [4.69, 9.17) is 4.74 Å². The fourth-order valence-corrected chi connectivity index (χ4v) is 2.88. The van der Waals surface area contributed by atoms with Crippen LogP contribution in [0.4, 0.5) is 0 Å². The van der Waals surface area contributed by atoms with Crippen LogP contribution >= 0.6 is 11.3 Å². The Balaban J connectivity index is 2.46. The van der Waals surface area contributed by atoms with Crippen molar-refractivity contribution in [2.75, 3.05) is 6.61 Å². The fourth-order valence-electron chi connectivity index (χ4n) is 2.12. The zero-order valence-corrected chi connectivity index (χ0v) is 12.8. The number of nitrogens with zero attached hydrogens (tertiary/aromatic N) is 3. The van der Waals surface area contributed by atoms with Crippen molar-refractivity contribution in [1.82, 2.24) is 15.0 Å². The third kappa shape index (κ3) is 2.90. The van der Waals surface area contributed by atoms with Gasteiger partial charge in [0, 0.05) is 0 Å². The van der Waals surface area contributed by atoms with Crippen LogP contribution in [0.2, 0.25) is 0 Å². The van der Waals surface area contributed by atoms with Gasteiger partial charge in [0.2, 0.25) is 0 Å². The van der Waals surface area contributed by atoms with Gasteiger partial charge in [-0.25, -0.2) is 9.48 Å². The summed E-state index contributed by atoms with van der Waals surface area (Å²) in [5, 5.41) is 10.2. The molecule has 5 nitrogen and oxygen atoms in total. The van der Waals surface area contributed by atoms with Crippen LogP contribution in [0.1, 0.15) is 50.1 Å². The third-order valence-electron chi connectivity index (χ3n) is 3.04. The van der Waals surface area contributed by atoms with E-state index in [9.17, 15) is 4.79 Å². The first-order valence-corrected chi connectivity index (χ1v) is 7.73. The van der Waals surface area contributed by atoms with Gasteiger partial charge in [0.15, 0.2) is 5.69 Å². The van der Waals surface area contributed by atoms with E-state index in [0.29, 0.717) is 12.3 Å². The van der Waals surface area contributed by atoms with Gasteiger partial charge >= 0.3 is 5.97 Å². The molecule has 0 aliphatic carbocycles. The molecule has 0 saturated heterocycles. The molecule has 1 atom stereocenters. The molecular weight excluding hydrogens is 274 g/mol. The molecule has 1 unspecified atom stereocenters. The lowest BCUT2D eigenvalue weighted by Crippen LogP contribution is -2.10. The van der Waals surface area contributed by atoms with Gasteiger partial charge in [0.25, 0.3) is 0 Å². The summed E-state index contributed by atoms with van der Waals surface area (Å²) < 4.78 is 6.90. The van der Waals surface area contributed by atoms with E-state index in [1.54, 1.807) is 18.3 Å². The molecule has 0 aliphatic rings. The maximum atomic E-state index is 12.0. The van der Waals surface area contributed by atoms with Gasteiger partial charge < -0.3 is 4.74 Å². The number of thiophene rings is 1. The van der Waals surface area contributed by atoms with E-state index >= 15 is 0 Å². The van der Waals surface area contributed by atoms with E-state index < -0.39 is 5.97 Å². The average Bonchev–Trinajstić information content (AvgIpc) is 3.08. The molecule has 2 heterocycles. The Hall–Kier alpha value is -1.69. The number of esters is 1. The lowest BCUT2D eigenvalue weighted by Gasteiger charge is -2.13. The second-order valence-corrected chi connectivity index (χ2v) is 5.51. The van der Waals surface area contributed by atoms with Crippen LogP contribution in [0.15, 0.2) is 17.5 Å². The number of hydrogen-bond acceptors (Lipinski definition) is 5. The monoisotopic (exact) mass is 293 g/mol. The highest BCUT2D eigenvalue weighted by Crippen LogP contribution is 2.30. The SMILES string of the molecule is CCCC(C)n1nnc(C(=O)OCC)c1-c1cccs1. The molecule has 0 amide bonds. The number of aromatic nitrogens is 3. The zero-order chi connectivity index (χ0) is 14.5. The molecule has 0 radical (unpaired) electrons. The lowest BCUT2D eigenvalue weighted by atomic mass is 10.2. The summed E-state index contributed by atoms with van der Waals surface area (Å²) in [5.41, 5.74) is 1.07. The Morgan fingerprint density at radius 2 is 2.30 bits per heavy atom. The fraction of sp³-hybridized carbons (Fsp3) is 0.500. The topological polar surface area (TPSA) is 57.0 Å². The summed E-state index contributed by atoms with van der Waals surface area (Å²) >= 11 is 1.57. The van der Waals surface area contributed by atoms with Gasteiger partial charge in [-0.05, 0) is 31.7 Å². The minimum atomic E-state index is -0.411. The number of hydrogen-bond donors (Lipinski definition) is 0. The minimum absolute atomic E-state index is 0.202. The summed E-state index contributed by atoms with van der Waals surface area (Å²) in [6.45, 7) is 6.33. The molecule has 0 fully saturated rings. The Morgan fingerprint density at radius 3 is 2.90 bits per heavy atom. The van der Waals surface area contributed by atoms with Crippen LogP contribution in [0.5, 0.6) is 0 Å². The van der Waals surface area contributed by atoms with Gasteiger partial charge in [0.05, 0.1) is 17.5 Å². The normalized spacial score (nSPS) is 12.3. The third-order valence-corrected chi connectivity index (χ3v) is 3.92. The van der Waals surface area contributed by atoms with E-state index in [1.165, 1.54) is 0 Å². The molecule has 20 heavy (non-hydrogen) atoms. The number of carbonyl (C=O) groups excluding carboxylic acids is 1. The Bertz CT molecular complexity index is 563. The molecule has 2 aromatic rings. The number of carbonyl (C=O) groups is 1. The molecule has 6 heteroatoms. The Morgan fingerprint density at radius 1 is 1.50 bits per heavy atom. The largest absolute Gasteiger partial charge is 0.461 e. The van der Waals surface area contributed by atoms with Crippen molar-refractivity contribution >= 4 is 17.3 Å². The first-order valence-electron chi connectivity index (χ1n) is 6.85. The predicted molar refractivity (Wildman–Crippen MR) is 78.9 cm³/mol. The maximum absolute atomic E-state index is 12.0. The first-order chi connectivity index (χ1) is 9.69. The molecule has 0 aromatic carbocycles. The van der Waals surface area contributed by atoms with Gasteiger partial charge in [-0.3, -0.25) is 0 Å². The highest BCUT2D eigenvalue weighted by molar-refractivity contribution is 7.13. The van der Waals surface area contributed by atoms with Crippen LogP contribution in [0, 0.1) is 0 Å². The number of ether oxygens (including phenoxy) is 1. The molecule has 0 N–H and O–H groups in total. The molecule has 0 spiro atoms. The van der Waals surface area contributed by atoms with Crippen LogP contribution in [0.25, 0.3) is 10.6 Å². The maximum Gasteiger partial charge on any atom is 0.361 e. The number of rotatable bonds is 6. The summed E-state index contributed by atoms with van der Waals surface area (Å²) in [6, 6.07) is 4.13. The van der Waals surface area contributed by atoms with E-state index in [1.807, 2.05) is 22.2 Å². The van der Waals surface area contributed by atoms with Crippen molar-refractivity contribution in [2.24, 2.45) is 0 Å². The van der Waals surface area contributed by atoms with Crippen molar-refractivity contribution in [3.8, 4) is 10.6 Å². The van der Waals surface area contributed by atoms with Crippen LogP contribution in [-0.2, 0) is 4.74 Å². The highest BCUT2D eigenvalue weighted by atomic mass is 32.1. The van der Waals surface area contributed by atoms with Gasteiger partial charge in [-0.1, -0.05) is 24.6 Å². The summed E-state index contributed by atoms with van der Waals surface area (Å²) in [6.07, 6.45) is 2.05. The van der Waals surface area contributed by atoms with E-state index in [-0.39, 0.29) is 6.04 Å². The smallest absolute Gasteiger partial charge is 0.361 e. The molecular formula is C14H19N3O2S. The van der Waals surface area contributed by atoms with Crippen molar-refractivity contribution in [2.45, 2.75) is 39.7 Å². The highest BCUT2D eigenvalue weighted by Gasteiger charge is 2.24. The molecule has 2 aromatic heterocycles. The van der Waals surface area contributed by atoms with Gasteiger partial charge in [-0.2, -0.15) is 0 Å². The summed E-state index contributed by atoms with van der Waals surface area (Å²) in [7, 11) is 0. The van der Waals surface area contributed by atoms with Crippen LogP contribution in [-0.4, -0.2) is 27.6 Å². The second kappa shape index (κ2) is 6.65. The van der Waals surface area contributed by atoms with Crippen molar-refractivity contribution in [1.29, 1.82) is 0 Å². The predicted octanol–water partition coefficient (Wildman–Crippen LogP) is 3.54. The first kappa shape index (κ1) is 14.7. The average molecular weight is 293 g/mol. The summed E-state index contributed by atoms with van der Waals surface area (Å²) in [4.78, 5) is 13.0. The minimum Gasteiger partial charge on any atom is -0.461 e. The Labute approximate surface area is 122 Å². The quantitative estimate of drug-likeness (QED) is 0.764. The standard InChI is InChI=1S/C14H19N3O2S/c1-4-7-10(3)17-13(11-8-6-9-20-11)12(15-16-17)14(18)19-5-2/h6,8-10H,4-5,7H2,1-3H3. The van der Waals surface area contributed by atoms with Crippen LogP contribution in [0.3, 0.4) is 0 Å².